The van der Waals surface area contributed by atoms with E-state index in [0.717, 1.165) is 4.47 Å². The smallest absolute Gasteiger partial charge is 0.319 e. The Morgan fingerprint density at radius 2 is 1.81 bits per heavy atom. The largest absolute Gasteiger partial charge is 0.481 e. The molecule has 0 fully saturated rings. The van der Waals surface area contributed by atoms with Crippen molar-refractivity contribution in [1.29, 1.82) is 0 Å². The highest BCUT2D eigenvalue weighted by Crippen LogP contribution is 2.22. The first-order valence-corrected chi connectivity index (χ1v) is 7.50. The number of carboxylic acid groups (broad SMARTS) is 1. The topological polar surface area (TPSA) is 78.4 Å². The minimum absolute atomic E-state index is 0.0645. The molecule has 0 bridgehead atoms. The van der Waals surface area contributed by atoms with Crippen LogP contribution in [0.3, 0.4) is 0 Å². The van der Waals surface area contributed by atoms with Crippen LogP contribution in [0, 0.1) is 5.41 Å². The van der Waals surface area contributed by atoms with E-state index in [-0.39, 0.29) is 11.8 Å². The minimum Gasteiger partial charge on any atom is -0.481 e. The number of halogens is 1. The van der Waals surface area contributed by atoms with Crippen molar-refractivity contribution in [2.75, 3.05) is 5.32 Å². The van der Waals surface area contributed by atoms with E-state index in [1.54, 1.807) is 12.1 Å². The van der Waals surface area contributed by atoms with Gasteiger partial charge in [-0.2, -0.15) is 0 Å². The van der Waals surface area contributed by atoms with Crippen LogP contribution in [-0.4, -0.2) is 23.1 Å². The lowest BCUT2D eigenvalue weighted by atomic mass is 9.87. The number of hydrogen-bond acceptors (Lipinski definition) is 2. The summed E-state index contributed by atoms with van der Waals surface area (Å²) in [5.41, 5.74) is 0.589. The molecule has 21 heavy (non-hydrogen) atoms. The first-order valence-electron chi connectivity index (χ1n) is 6.70. The number of anilines is 1. The zero-order valence-electron chi connectivity index (χ0n) is 12.4. The molecule has 1 rings (SSSR count). The van der Waals surface area contributed by atoms with Gasteiger partial charge in [0.25, 0.3) is 0 Å². The summed E-state index contributed by atoms with van der Waals surface area (Å²) in [6.45, 7) is 6.03. The Labute approximate surface area is 133 Å². The number of urea groups is 1. The van der Waals surface area contributed by atoms with Gasteiger partial charge in [-0.3, -0.25) is 4.79 Å². The summed E-state index contributed by atoms with van der Waals surface area (Å²) in [4.78, 5) is 22.8. The van der Waals surface area contributed by atoms with Crippen LogP contribution in [0.15, 0.2) is 28.7 Å². The Morgan fingerprint density at radius 1 is 1.24 bits per heavy atom. The lowest BCUT2D eigenvalue weighted by Crippen LogP contribution is -2.41. The molecule has 0 saturated carbocycles. The average molecular weight is 357 g/mol. The van der Waals surface area contributed by atoms with Gasteiger partial charge in [0.2, 0.25) is 0 Å². The zero-order valence-corrected chi connectivity index (χ0v) is 14.0. The predicted molar refractivity (Wildman–Crippen MR) is 86.4 cm³/mol. The summed E-state index contributed by atoms with van der Waals surface area (Å²) in [5.74, 6) is -0.923. The van der Waals surface area contributed by atoms with Gasteiger partial charge in [0.1, 0.15) is 0 Å². The SMILES string of the molecule is CC(C)(C)CC(CC(=O)O)NC(=O)Nc1ccc(Br)cc1. The van der Waals surface area contributed by atoms with Gasteiger partial charge in [-0.15, -0.1) is 0 Å². The monoisotopic (exact) mass is 356 g/mol. The fourth-order valence-corrected chi connectivity index (χ4v) is 2.27. The van der Waals surface area contributed by atoms with Gasteiger partial charge in [0.15, 0.2) is 0 Å². The molecule has 3 N–H and O–H groups in total. The van der Waals surface area contributed by atoms with Gasteiger partial charge in [0, 0.05) is 16.2 Å². The van der Waals surface area contributed by atoms with Crippen LogP contribution in [-0.2, 0) is 4.79 Å². The Kier molecular flexibility index (Phi) is 6.20. The van der Waals surface area contributed by atoms with Crippen molar-refractivity contribution in [2.24, 2.45) is 5.41 Å². The van der Waals surface area contributed by atoms with Gasteiger partial charge in [0.05, 0.1) is 6.42 Å². The zero-order chi connectivity index (χ0) is 16.0. The number of rotatable bonds is 5. The fraction of sp³-hybridized carbons (Fsp3) is 0.467. The number of aliphatic carboxylic acids is 1. The number of carbonyl (C=O) groups is 2. The standard InChI is InChI=1S/C15H21BrN2O3/c1-15(2,3)9-12(8-13(19)20)18-14(21)17-11-6-4-10(16)5-7-11/h4-7,12H,8-9H2,1-3H3,(H,19,20)(H2,17,18,21). The predicted octanol–water partition coefficient (Wildman–Crippen LogP) is 3.85. The molecule has 0 aromatic heterocycles. The average Bonchev–Trinajstić information content (AvgIpc) is 2.28. The molecule has 1 aromatic rings. The second-order valence-electron chi connectivity index (χ2n) is 6.16. The van der Waals surface area contributed by atoms with Crippen molar-refractivity contribution in [2.45, 2.75) is 39.7 Å². The first-order chi connectivity index (χ1) is 9.65. The van der Waals surface area contributed by atoms with E-state index in [1.807, 2.05) is 32.9 Å². The summed E-state index contributed by atoms with van der Waals surface area (Å²) < 4.78 is 0.921. The molecule has 0 aliphatic carbocycles. The third-order valence-corrected chi connectivity index (χ3v) is 3.25. The van der Waals surface area contributed by atoms with Gasteiger partial charge in [-0.05, 0) is 36.1 Å². The van der Waals surface area contributed by atoms with E-state index in [9.17, 15) is 9.59 Å². The van der Waals surface area contributed by atoms with Crippen molar-refractivity contribution in [3.05, 3.63) is 28.7 Å². The highest BCUT2D eigenvalue weighted by Gasteiger charge is 2.22. The molecule has 1 atom stereocenters. The van der Waals surface area contributed by atoms with Gasteiger partial charge in [-0.25, -0.2) is 4.79 Å². The van der Waals surface area contributed by atoms with Crippen LogP contribution in [0.25, 0.3) is 0 Å². The number of hydrogen-bond donors (Lipinski definition) is 3. The van der Waals surface area contributed by atoms with Gasteiger partial charge >= 0.3 is 12.0 Å². The minimum atomic E-state index is -0.923. The Morgan fingerprint density at radius 3 is 2.29 bits per heavy atom. The second-order valence-corrected chi connectivity index (χ2v) is 7.08. The molecular weight excluding hydrogens is 336 g/mol. The third kappa shape index (κ3) is 7.70. The summed E-state index contributed by atoms with van der Waals surface area (Å²) in [7, 11) is 0. The Balaban J connectivity index is 2.62. The number of amides is 2. The molecular formula is C15H21BrN2O3. The molecule has 5 nitrogen and oxygen atoms in total. The van der Waals surface area contributed by atoms with Crippen LogP contribution in [0.4, 0.5) is 10.5 Å². The second kappa shape index (κ2) is 7.45. The van der Waals surface area contributed by atoms with Crippen LogP contribution >= 0.6 is 15.9 Å². The van der Waals surface area contributed by atoms with Crippen molar-refractivity contribution in [3.63, 3.8) is 0 Å². The number of carboxylic acids is 1. The van der Waals surface area contributed by atoms with Crippen LogP contribution in [0.2, 0.25) is 0 Å². The molecule has 0 radical (unpaired) electrons. The molecule has 1 aromatic carbocycles. The fourth-order valence-electron chi connectivity index (χ4n) is 2.01. The third-order valence-electron chi connectivity index (χ3n) is 2.72. The molecule has 6 heteroatoms. The van der Waals surface area contributed by atoms with E-state index in [1.165, 1.54) is 0 Å². The van der Waals surface area contributed by atoms with Gasteiger partial charge < -0.3 is 15.7 Å². The van der Waals surface area contributed by atoms with E-state index < -0.39 is 18.0 Å². The lowest BCUT2D eigenvalue weighted by molar-refractivity contribution is -0.137. The Hall–Kier alpha value is -1.56. The van der Waals surface area contributed by atoms with Crippen molar-refractivity contribution in [1.82, 2.24) is 5.32 Å². The first kappa shape index (κ1) is 17.5. The molecule has 1 unspecified atom stereocenters. The highest BCUT2D eigenvalue weighted by atomic mass is 79.9. The number of nitrogens with one attached hydrogen (secondary N) is 2. The summed E-state index contributed by atoms with van der Waals surface area (Å²) in [6, 6.07) is 6.36. The molecule has 2 amide bonds. The quantitative estimate of drug-likeness (QED) is 0.749. The maximum Gasteiger partial charge on any atom is 0.319 e. The van der Waals surface area contributed by atoms with Crippen molar-refractivity contribution < 1.29 is 14.7 Å². The number of carbonyl (C=O) groups excluding carboxylic acids is 1. The molecule has 0 spiro atoms. The van der Waals surface area contributed by atoms with E-state index >= 15 is 0 Å². The van der Waals surface area contributed by atoms with E-state index in [4.69, 9.17) is 5.11 Å². The summed E-state index contributed by atoms with van der Waals surface area (Å²) in [5, 5.41) is 14.4. The van der Waals surface area contributed by atoms with E-state index in [0.29, 0.717) is 12.1 Å². The number of benzene rings is 1. The van der Waals surface area contributed by atoms with Crippen molar-refractivity contribution in [3.8, 4) is 0 Å². The van der Waals surface area contributed by atoms with Crippen LogP contribution < -0.4 is 10.6 Å². The molecule has 0 aliphatic rings. The van der Waals surface area contributed by atoms with E-state index in [2.05, 4.69) is 26.6 Å². The van der Waals surface area contributed by atoms with Crippen LogP contribution in [0.5, 0.6) is 0 Å². The summed E-state index contributed by atoms with van der Waals surface area (Å²) in [6.07, 6.45) is 0.498. The highest BCUT2D eigenvalue weighted by molar-refractivity contribution is 9.10. The molecule has 0 saturated heterocycles. The normalized spacial score (nSPS) is 12.6. The Bertz CT molecular complexity index is 495. The molecule has 0 heterocycles. The maximum absolute atomic E-state index is 11.9. The van der Waals surface area contributed by atoms with Crippen LogP contribution in [0.1, 0.15) is 33.6 Å². The van der Waals surface area contributed by atoms with Gasteiger partial charge in [-0.1, -0.05) is 36.7 Å². The molecule has 0 aliphatic heterocycles. The van der Waals surface area contributed by atoms with Crippen molar-refractivity contribution >= 4 is 33.6 Å². The lowest BCUT2D eigenvalue weighted by Gasteiger charge is -2.25. The summed E-state index contributed by atoms with van der Waals surface area (Å²) >= 11 is 3.32. The molecule has 116 valence electrons. The maximum atomic E-state index is 11.9.